The SMILES string of the molecule is CCCn1c(C)cc(/C=C(\C#N)C(=O)O[C@H](C)C(=O)NC(N)=O)c1C. The Hall–Kier alpha value is -3.08. The first-order valence-electron chi connectivity index (χ1n) is 7.81. The predicted octanol–water partition coefficient (Wildman–Crippen LogP) is 1.55. The van der Waals surface area contributed by atoms with E-state index in [4.69, 9.17) is 10.5 Å². The predicted molar refractivity (Wildman–Crippen MR) is 91.1 cm³/mol. The molecule has 1 aromatic rings. The van der Waals surface area contributed by atoms with Crippen LogP contribution in [0.3, 0.4) is 0 Å². The number of carbonyl (C=O) groups is 3. The molecule has 8 heteroatoms. The van der Waals surface area contributed by atoms with E-state index in [0.29, 0.717) is 0 Å². The van der Waals surface area contributed by atoms with Crippen LogP contribution < -0.4 is 11.1 Å². The van der Waals surface area contributed by atoms with Gasteiger partial charge in [0.1, 0.15) is 11.6 Å². The van der Waals surface area contributed by atoms with Crippen molar-refractivity contribution in [2.75, 3.05) is 0 Å². The van der Waals surface area contributed by atoms with Gasteiger partial charge in [0, 0.05) is 17.9 Å². The number of hydrogen-bond donors (Lipinski definition) is 2. The number of nitriles is 1. The lowest BCUT2D eigenvalue weighted by atomic mass is 10.1. The number of aryl methyl sites for hydroxylation is 1. The first-order valence-corrected chi connectivity index (χ1v) is 7.81. The number of carbonyl (C=O) groups excluding carboxylic acids is 3. The number of urea groups is 1. The smallest absolute Gasteiger partial charge is 0.349 e. The Morgan fingerprint density at radius 3 is 2.60 bits per heavy atom. The van der Waals surface area contributed by atoms with Gasteiger partial charge in [0.2, 0.25) is 0 Å². The molecule has 8 nitrogen and oxygen atoms in total. The zero-order valence-electron chi connectivity index (χ0n) is 14.8. The van der Waals surface area contributed by atoms with Crippen molar-refractivity contribution in [3.63, 3.8) is 0 Å². The summed E-state index contributed by atoms with van der Waals surface area (Å²) < 4.78 is 7.00. The van der Waals surface area contributed by atoms with Crippen LogP contribution in [0.15, 0.2) is 11.6 Å². The number of primary amides is 1. The third kappa shape index (κ3) is 5.21. The minimum Gasteiger partial charge on any atom is -0.448 e. The first kappa shape index (κ1) is 20.0. The Morgan fingerprint density at radius 1 is 1.44 bits per heavy atom. The molecule has 0 spiro atoms. The Kier molecular flexibility index (Phi) is 6.93. The molecule has 0 aliphatic carbocycles. The molecule has 3 amide bonds. The van der Waals surface area contributed by atoms with E-state index in [1.165, 1.54) is 13.0 Å². The molecule has 134 valence electrons. The van der Waals surface area contributed by atoms with E-state index in [1.54, 1.807) is 11.4 Å². The number of imide groups is 1. The van der Waals surface area contributed by atoms with Gasteiger partial charge in [-0.1, -0.05) is 6.92 Å². The van der Waals surface area contributed by atoms with Gasteiger partial charge in [-0.25, -0.2) is 9.59 Å². The zero-order chi connectivity index (χ0) is 19.1. The highest BCUT2D eigenvalue weighted by Gasteiger charge is 2.22. The van der Waals surface area contributed by atoms with E-state index in [1.807, 2.05) is 19.9 Å². The van der Waals surface area contributed by atoms with Crippen LogP contribution in [0.5, 0.6) is 0 Å². The van der Waals surface area contributed by atoms with Gasteiger partial charge in [-0.15, -0.1) is 0 Å². The van der Waals surface area contributed by atoms with Gasteiger partial charge in [-0.3, -0.25) is 10.1 Å². The first-order chi connectivity index (χ1) is 11.7. The summed E-state index contributed by atoms with van der Waals surface area (Å²) in [5.41, 5.74) is 7.27. The van der Waals surface area contributed by atoms with Crippen molar-refractivity contribution < 1.29 is 19.1 Å². The second-order valence-electron chi connectivity index (χ2n) is 5.55. The third-order valence-electron chi connectivity index (χ3n) is 3.60. The summed E-state index contributed by atoms with van der Waals surface area (Å²) in [6.07, 6.45) is 1.12. The molecule has 1 atom stereocenters. The molecule has 0 aliphatic rings. The topological polar surface area (TPSA) is 127 Å². The van der Waals surface area contributed by atoms with E-state index in [0.717, 1.165) is 29.9 Å². The second kappa shape index (κ2) is 8.68. The molecule has 0 aliphatic heterocycles. The van der Waals surface area contributed by atoms with Crippen molar-refractivity contribution >= 4 is 24.0 Å². The van der Waals surface area contributed by atoms with E-state index < -0.39 is 24.0 Å². The Morgan fingerprint density at radius 2 is 2.08 bits per heavy atom. The van der Waals surface area contributed by atoms with Crippen LogP contribution in [0.1, 0.15) is 37.2 Å². The van der Waals surface area contributed by atoms with Crippen molar-refractivity contribution in [1.29, 1.82) is 5.26 Å². The van der Waals surface area contributed by atoms with Gasteiger partial charge in [0.25, 0.3) is 5.91 Å². The van der Waals surface area contributed by atoms with Gasteiger partial charge in [-0.2, -0.15) is 5.26 Å². The summed E-state index contributed by atoms with van der Waals surface area (Å²) in [4.78, 5) is 34.3. The fraction of sp³-hybridized carbons (Fsp3) is 0.412. The number of nitrogens with zero attached hydrogens (tertiary/aromatic N) is 2. The lowest BCUT2D eigenvalue weighted by Crippen LogP contribution is -2.42. The molecule has 0 saturated carbocycles. The summed E-state index contributed by atoms with van der Waals surface area (Å²) in [6, 6.07) is 2.60. The van der Waals surface area contributed by atoms with Crippen molar-refractivity contribution in [2.24, 2.45) is 5.73 Å². The molecular weight excluding hydrogens is 324 g/mol. The van der Waals surface area contributed by atoms with Gasteiger partial charge < -0.3 is 15.0 Å². The zero-order valence-corrected chi connectivity index (χ0v) is 14.8. The lowest BCUT2D eigenvalue weighted by Gasteiger charge is -2.11. The van der Waals surface area contributed by atoms with Crippen LogP contribution in [0.2, 0.25) is 0 Å². The number of aromatic nitrogens is 1. The largest absolute Gasteiger partial charge is 0.448 e. The molecular formula is C17H22N4O4. The normalized spacial score (nSPS) is 12.2. The minimum atomic E-state index is -1.26. The number of ether oxygens (including phenoxy) is 1. The molecule has 1 rings (SSSR count). The average Bonchev–Trinajstić information content (AvgIpc) is 2.79. The Bertz CT molecular complexity index is 755. The van der Waals surface area contributed by atoms with E-state index in [-0.39, 0.29) is 5.57 Å². The van der Waals surface area contributed by atoms with Gasteiger partial charge in [-0.05, 0) is 44.9 Å². The maximum atomic E-state index is 12.1. The molecule has 0 radical (unpaired) electrons. The number of hydrogen-bond acceptors (Lipinski definition) is 5. The quantitative estimate of drug-likeness (QED) is 0.459. The molecule has 0 bridgehead atoms. The van der Waals surface area contributed by atoms with Gasteiger partial charge >= 0.3 is 12.0 Å². The Labute approximate surface area is 146 Å². The minimum absolute atomic E-state index is 0.240. The van der Waals surface area contributed by atoms with Crippen LogP contribution in [0.25, 0.3) is 6.08 Å². The van der Waals surface area contributed by atoms with Crippen molar-refractivity contribution in [3.8, 4) is 6.07 Å². The number of rotatable bonds is 6. The number of nitrogens with one attached hydrogen (secondary N) is 1. The standard InChI is InChI=1S/C17H22N4O4/c1-5-6-21-10(2)7-13(11(21)3)8-14(9-18)16(23)25-12(4)15(22)20-17(19)24/h7-8,12H,5-6H2,1-4H3,(H3,19,20,22,24)/b14-8+/t12-/m1/s1. The fourth-order valence-corrected chi connectivity index (χ4v) is 2.33. The molecule has 0 saturated heterocycles. The monoisotopic (exact) mass is 346 g/mol. The maximum Gasteiger partial charge on any atom is 0.349 e. The molecule has 0 fully saturated rings. The number of amides is 3. The summed E-state index contributed by atoms with van der Waals surface area (Å²) in [5, 5.41) is 11.0. The summed E-state index contributed by atoms with van der Waals surface area (Å²) >= 11 is 0. The summed E-state index contributed by atoms with van der Waals surface area (Å²) in [5.74, 6) is -1.81. The summed E-state index contributed by atoms with van der Waals surface area (Å²) in [6.45, 7) is 8.02. The van der Waals surface area contributed by atoms with Crippen molar-refractivity contribution in [2.45, 2.75) is 46.8 Å². The number of esters is 1. The van der Waals surface area contributed by atoms with Crippen LogP contribution >= 0.6 is 0 Å². The van der Waals surface area contributed by atoms with E-state index in [2.05, 4.69) is 11.5 Å². The van der Waals surface area contributed by atoms with Crippen LogP contribution in [-0.2, 0) is 20.9 Å². The van der Waals surface area contributed by atoms with Crippen LogP contribution in [-0.4, -0.2) is 28.6 Å². The van der Waals surface area contributed by atoms with Crippen molar-refractivity contribution in [3.05, 3.63) is 28.6 Å². The highest BCUT2D eigenvalue weighted by Crippen LogP contribution is 2.19. The highest BCUT2D eigenvalue weighted by molar-refractivity contribution is 6.01. The highest BCUT2D eigenvalue weighted by atomic mass is 16.5. The van der Waals surface area contributed by atoms with E-state index >= 15 is 0 Å². The van der Waals surface area contributed by atoms with Gasteiger partial charge in [0.05, 0.1) is 0 Å². The summed E-state index contributed by atoms with van der Waals surface area (Å²) in [7, 11) is 0. The molecule has 25 heavy (non-hydrogen) atoms. The fourth-order valence-electron chi connectivity index (χ4n) is 2.33. The molecule has 1 aromatic heterocycles. The van der Waals surface area contributed by atoms with Crippen molar-refractivity contribution in [1.82, 2.24) is 9.88 Å². The number of nitrogens with two attached hydrogens (primary N) is 1. The van der Waals surface area contributed by atoms with Crippen LogP contribution in [0, 0.1) is 25.2 Å². The van der Waals surface area contributed by atoms with Crippen LogP contribution in [0.4, 0.5) is 4.79 Å². The molecule has 1 heterocycles. The molecule has 0 aromatic carbocycles. The average molecular weight is 346 g/mol. The lowest BCUT2D eigenvalue weighted by molar-refractivity contribution is -0.150. The van der Waals surface area contributed by atoms with E-state index in [9.17, 15) is 19.6 Å². The van der Waals surface area contributed by atoms with Gasteiger partial charge in [0.15, 0.2) is 6.10 Å². The Balaban J connectivity index is 2.99. The molecule has 3 N–H and O–H groups in total. The third-order valence-corrected chi connectivity index (χ3v) is 3.60. The molecule has 0 unspecified atom stereocenters. The second-order valence-corrected chi connectivity index (χ2v) is 5.55. The maximum absolute atomic E-state index is 12.1.